The van der Waals surface area contributed by atoms with E-state index < -0.39 is 11.9 Å². The van der Waals surface area contributed by atoms with Gasteiger partial charge in [-0.2, -0.15) is 0 Å². The fourth-order valence-electron chi connectivity index (χ4n) is 4.72. The molecule has 7 heteroatoms. The first-order valence-corrected chi connectivity index (χ1v) is 12.0. The van der Waals surface area contributed by atoms with Crippen LogP contribution in [-0.2, 0) is 14.3 Å². The van der Waals surface area contributed by atoms with Crippen LogP contribution < -0.4 is 10.1 Å². The van der Waals surface area contributed by atoms with Gasteiger partial charge in [0.2, 0.25) is 0 Å². The van der Waals surface area contributed by atoms with E-state index in [1.165, 1.54) is 0 Å². The standard InChI is InChI=1S/C27H27Cl2NO4/c1-14(2)34-27(32)24-15(3)30-22-12-18(16-5-8-19(33-4)9-6-16)13-23(31)26(22)25(24)17-7-10-20(28)21(29)11-17/h5-11,14,18,25,30H,12-13H2,1-4H3/t18-,25+/m0/s1. The van der Waals surface area contributed by atoms with Crippen molar-refractivity contribution in [1.29, 1.82) is 0 Å². The third-order valence-electron chi connectivity index (χ3n) is 6.25. The van der Waals surface area contributed by atoms with Crippen LogP contribution in [0.1, 0.15) is 56.6 Å². The normalized spacial score (nSPS) is 20.3. The molecule has 1 aliphatic carbocycles. The van der Waals surface area contributed by atoms with Gasteiger partial charge >= 0.3 is 5.97 Å². The second-order valence-electron chi connectivity index (χ2n) is 8.92. The summed E-state index contributed by atoms with van der Waals surface area (Å²) in [6, 6.07) is 13.0. The Kier molecular flexibility index (Phi) is 7.06. The molecule has 0 saturated carbocycles. The predicted octanol–water partition coefficient (Wildman–Crippen LogP) is 6.32. The van der Waals surface area contributed by atoms with E-state index in [4.69, 9.17) is 32.7 Å². The third-order valence-corrected chi connectivity index (χ3v) is 6.99. The molecule has 2 aromatic carbocycles. The van der Waals surface area contributed by atoms with E-state index in [1.54, 1.807) is 33.1 Å². The van der Waals surface area contributed by atoms with Crippen molar-refractivity contribution in [2.75, 3.05) is 7.11 Å². The number of benzene rings is 2. The van der Waals surface area contributed by atoms with Crippen LogP contribution in [-0.4, -0.2) is 25.0 Å². The molecule has 2 aromatic rings. The van der Waals surface area contributed by atoms with Gasteiger partial charge in [0.05, 0.1) is 28.8 Å². The Labute approximate surface area is 209 Å². The Morgan fingerprint density at radius 1 is 1.03 bits per heavy atom. The highest BCUT2D eigenvalue weighted by molar-refractivity contribution is 6.42. The minimum absolute atomic E-state index is 0.00649. The molecule has 1 heterocycles. The molecule has 2 atom stereocenters. The molecule has 1 aliphatic heterocycles. The van der Waals surface area contributed by atoms with Crippen molar-refractivity contribution in [2.24, 2.45) is 0 Å². The number of rotatable bonds is 5. The van der Waals surface area contributed by atoms with Gasteiger partial charge in [-0.15, -0.1) is 0 Å². The molecule has 178 valence electrons. The van der Waals surface area contributed by atoms with Crippen LogP contribution in [0.15, 0.2) is 65.0 Å². The van der Waals surface area contributed by atoms with Gasteiger partial charge in [0.15, 0.2) is 5.78 Å². The molecule has 0 unspecified atom stereocenters. The summed E-state index contributed by atoms with van der Waals surface area (Å²) in [4.78, 5) is 26.8. The van der Waals surface area contributed by atoms with Crippen LogP contribution in [0.25, 0.3) is 0 Å². The number of esters is 1. The van der Waals surface area contributed by atoms with Gasteiger partial charge in [0.25, 0.3) is 0 Å². The lowest BCUT2D eigenvalue weighted by Crippen LogP contribution is -2.36. The van der Waals surface area contributed by atoms with E-state index in [0.717, 1.165) is 22.6 Å². The Balaban J connectivity index is 1.78. The second kappa shape index (κ2) is 9.85. The molecule has 34 heavy (non-hydrogen) atoms. The Hall–Kier alpha value is -2.76. The molecule has 0 spiro atoms. The van der Waals surface area contributed by atoms with Crippen molar-refractivity contribution in [1.82, 2.24) is 5.32 Å². The minimum Gasteiger partial charge on any atom is -0.497 e. The largest absolute Gasteiger partial charge is 0.497 e. The number of dihydropyridines is 1. The van der Waals surface area contributed by atoms with Gasteiger partial charge in [0.1, 0.15) is 5.75 Å². The first-order valence-electron chi connectivity index (χ1n) is 11.2. The van der Waals surface area contributed by atoms with Gasteiger partial charge in [-0.3, -0.25) is 4.79 Å². The Morgan fingerprint density at radius 3 is 2.32 bits per heavy atom. The van der Waals surface area contributed by atoms with Crippen molar-refractivity contribution < 1.29 is 19.1 Å². The van der Waals surface area contributed by atoms with E-state index >= 15 is 0 Å². The fourth-order valence-corrected chi connectivity index (χ4v) is 5.03. The summed E-state index contributed by atoms with van der Waals surface area (Å²) in [6.07, 6.45) is 0.699. The molecule has 0 amide bonds. The maximum absolute atomic E-state index is 13.6. The average Bonchev–Trinajstić information content (AvgIpc) is 2.79. The monoisotopic (exact) mass is 499 g/mol. The number of nitrogens with one attached hydrogen (secondary N) is 1. The van der Waals surface area contributed by atoms with Crippen molar-refractivity contribution in [3.8, 4) is 5.75 Å². The van der Waals surface area contributed by atoms with Crippen LogP contribution >= 0.6 is 23.2 Å². The molecule has 0 fully saturated rings. The van der Waals surface area contributed by atoms with Crippen LogP contribution in [0, 0.1) is 0 Å². The van der Waals surface area contributed by atoms with Gasteiger partial charge in [0, 0.05) is 29.3 Å². The van der Waals surface area contributed by atoms with E-state index in [-0.39, 0.29) is 17.8 Å². The number of hydrogen-bond donors (Lipinski definition) is 1. The van der Waals surface area contributed by atoms with Crippen molar-refractivity contribution >= 4 is 35.0 Å². The zero-order valence-electron chi connectivity index (χ0n) is 19.6. The molecule has 5 nitrogen and oxygen atoms in total. The number of carbonyl (C=O) groups excluding carboxylic acids is 2. The summed E-state index contributed by atoms with van der Waals surface area (Å²) < 4.78 is 10.8. The third kappa shape index (κ3) is 4.73. The Bertz CT molecular complexity index is 1200. The Morgan fingerprint density at radius 2 is 1.71 bits per heavy atom. The zero-order chi connectivity index (χ0) is 24.6. The zero-order valence-corrected chi connectivity index (χ0v) is 21.1. The predicted molar refractivity (Wildman–Crippen MR) is 133 cm³/mol. The van der Waals surface area contributed by atoms with Crippen molar-refractivity contribution in [2.45, 2.75) is 51.6 Å². The molecule has 0 aromatic heterocycles. The van der Waals surface area contributed by atoms with Gasteiger partial charge < -0.3 is 14.8 Å². The molecule has 1 N–H and O–H groups in total. The van der Waals surface area contributed by atoms with Gasteiger partial charge in [-0.05, 0) is 68.5 Å². The first kappa shape index (κ1) is 24.4. The van der Waals surface area contributed by atoms with E-state index in [0.29, 0.717) is 39.7 Å². The number of hydrogen-bond acceptors (Lipinski definition) is 5. The highest BCUT2D eigenvalue weighted by atomic mass is 35.5. The maximum Gasteiger partial charge on any atom is 0.337 e. The highest BCUT2D eigenvalue weighted by Crippen LogP contribution is 2.46. The molecular formula is C27H27Cl2NO4. The lowest BCUT2D eigenvalue weighted by atomic mass is 9.71. The van der Waals surface area contributed by atoms with Gasteiger partial charge in [-0.1, -0.05) is 41.4 Å². The summed E-state index contributed by atoms with van der Waals surface area (Å²) in [7, 11) is 1.63. The summed E-state index contributed by atoms with van der Waals surface area (Å²) in [5.41, 5.74) is 4.30. The number of allylic oxidation sites excluding steroid dienone is 3. The molecule has 0 bridgehead atoms. The smallest absolute Gasteiger partial charge is 0.337 e. The van der Waals surface area contributed by atoms with Crippen LogP contribution in [0.4, 0.5) is 0 Å². The van der Waals surface area contributed by atoms with Crippen LogP contribution in [0.5, 0.6) is 5.75 Å². The first-order chi connectivity index (χ1) is 16.2. The second-order valence-corrected chi connectivity index (χ2v) is 9.73. The number of Topliss-reactive ketones (excluding diaryl/α,β-unsaturated/α-hetero) is 1. The van der Waals surface area contributed by atoms with Crippen molar-refractivity contribution in [3.63, 3.8) is 0 Å². The number of carbonyl (C=O) groups is 2. The average molecular weight is 500 g/mol. The number of methoxy groups -OCH3 is 1. The highest BCUT2D eigenvalue weighted by Gasteiger charge is 2.41. The summed E-state index contributed by atoms with van der Waals surface area (Å²) in [6.45, 7) is 5.44. The summed E-state index contributed by atoms with van der Waals surface area (Å²) in [5, 5.41) is 4.14. The number of ketones is 1. The van der Waals surface area contributed by atoms with Gasteiger partial charge in [-0.25, -0.2) is 4.79 Å². The molecular weight excluding hydrogens is 473 g/mol. The SMILES string of the molecule is COc1ccc([C@@H]2CC(=O)C3=C(C2)NC(C)=C(C(=O)OC(C)C)[C@H]3c2ccc(Cl)c(Cl)c2)cc1. The van der Waals surface area contributed by atoms with E-state index in [1.807, 2.05) is 37.3 Å². The molecule has 4 rings (SSSR count). The van der Waals surface area contributed by atoms with Crippen LogP contribution in [0.3, 0.4) is 0 Å². The lowest BCUT2D eigenvalue weighted by Gasteiger charge is -2.37. The quantitative estimate of drug-likeness (QED) is 0.487. The summed E-state index contributed by atoms with van der Waals surface area (Å²) >= 11 is 12.5. The minimum atomic E-state index is -0.582. The maximum atomic E-state index is 13.6. The number of ether oxygens (including phenoxy) is 2. The van der Waals surface area contributed by atoms with Crippen LogP contribution in [0.2, 0.25) is 10.0 Å². The number of halogens is 2. The van der Waals surface area contributed by atoms with Crippen molar-refractivity contribution in [3.05, 3.63) is 86.2 Å². The lowest BCUT2D eigenvalue weighted by molar-refractivity contribution is -0.143. The summed E-state index contributed by atoms with van der Waals surface area (Å²) in [5.74, 6) is -0.244. The molecule has 2 aliphatic rings. The molecule has 0 saturated heterocycles. The molecule has 0 radical (unpaired) electrons. The topological polar surface area (TPSA) is 64.6 Å². The van der Waals surface area contributed by atoms with E-state index in [9.17, 15) is 9.59 Å². The fraction of sp³-hybridized carbons (Fsp3) is 0.333. The van der Waals surface area contributed by atoms with E-state index in [2.05, 4.69) is 5.32 Å².